The van der Waals surface area contributed by atoms with Crippen LogP contribution in [-0.4, -0.2) is 20.2 Å². The lowest BCUT2D eigenvalue weighted by atomic mass is 10.1. The molecule has 0 unspecified atom stereocenters. The zero-order chi connectivity index (χ0) is 15.0. The van der Waals surface area contributed by atoms with Crippen molar-refractivity contribution in [1.82, 2.24) is 20.2 Å². The van der Waals surface area contributed by atoms with Crippen molar-refractivity contribution < 1.29 is 0 Å². The topological polar surface area (TPSA) is 69.6 Å². The van der Waals surface area contributed by atoms with Crippen molar-refractivity contribution in [3.05, 3.63) is 50.9 Å². The third-order valence-corrected chi connectivity index (χ3v) is 4.26. The third kappa shape index (κ3) is 2.71. The average Bonchev–Trinajstić information content (AvgIpc) is 2.91. The number of hydrogen-bond donors (Lipinski definition) is 1. The molecule has 0 radical (unpaired) electrons. The van der Waals surface area contributed by atoms with Gasteiger partial charge in [0.1, 0.15) is 0 Å². The van der Waals surface area contributed by atoms with E-state index in [9.17, 15) is 0 Å². The van der Waals surface area contributed by atoms with Gasteiger partial charge in [0.25, 0.3) is 0 Å². The minimum Gasteiger partial charge on any atom is -0.399 e. The molecule has 1 heterocycles. The van der Waals surface area contributed by atoms with Gasteiger partial charge in [0.2, 0.25) is 0 Å². The Morgan fingerprint density at radius 3 is 2.62 bits per heavy atom. The number of nitrogens with two attached hydrogens (primary N) is 1. The van der Waals surface area contributed by atoms with Crippen LogP contribution in [0.15, 0.2) is 45.3 Å². The molecule has 0 fully saturated rings. The van der Waals surface area contributed by atoms with E-state index in [-0.39, 0.29) is 0 Å². The highest BCUT2D eigenvalue weighted by Gasteiger charge is 2.13. The van der Waals surface area contributed by atoms with Crippen molar-refractivity contribution in [3.8, 4) is 17.1 Å². The number of benzene rings is 2. The highest BCUT2D eigenvalue weighted by atomic mass is 79.9. The van der Waals surface area contributed by atoms with Crippen LogP contribution in [0.3, 0.4) is 0 Å². The first-order valence-electron chi connectivity index (χ1n) is 6.16. The van der Waals surface area contributed by atoms with Crippen molar-refractivity contribution >= 4 is 37.5 Å². The van der Waals surface area contributed by atoms with Crippen LogP contribution in [0.2, 0.25) is 0 Å². The molecular weight excluding hydrogens is 398 g/mol. The molecule has 1 aromatic heterocycles. The monoisotopic (exact) mass is 407 g/mol. The summed E-state index contributed by atoms with van der Waals surface area (Å²) in [6.07, 6.45) is 0. The summed E-state index contributed by atoms with van der Waals surface area (Å²) in [7, 11) is 0. The van der Waals surface area contributed by atoms with E-state index in [1.807, 2.05) is 43.3 Å². The highest BCUT2D eigenvalue weighted by molar-refractivity contribution is 9.11. The maximum atomic E-state index is 5.86. The Labute approximate surface area is 138 Å². The molecule has 0 aliphatic rings. The molecule has 0 spiro atoms. The first-order valence-corrected chi connectivity index (χ1v) is 7.75. The maximum Gasteiger partial charge on any atom is 0.187 e. The molecule has 0 aliphatic heterocycles. The van der Waals surface area contributed by atoms with Gasteiger partial charge in [-0.25, -0.2) is 0 Å². The van der Waals surface area contributed by atoms with Gasteiger partial charge in [-0.15, -0.1) is 5.10 Å². The second-order valence-electron chi connectivity index (χ2n) is 4.58. The largest absolute Gasteiger partial charge is 0.399 e. The van der Waals surface area contributed by atoms with Gasteiger partial charge in [0.05, 0.1) is 5.69 Å². The average molecular weight is 409 g/mol. The lowest BCUT2D eigenvalue weighted by Gasteiger charge is -2.08. The summed E-state index contributed by atoms with van der Waals surface area (Å²) in [5.41, 5.74) is 9.40. The van der Waals surface area contributed by atoms with Crippen LogP contribution in [0, 0.1) is 6.92 Å². The molecule has 0 aliphatic carbocycles. The van der Waals surface area contributed by atoms with Crippen molar-refractivity contribution in [2.24, 2.45) is 0 Å². The van der Waals surface area contributed by atoms with Crippen molar-refractivity contribution in [2.75, 3.05) is 5.73 Å². The van der Waals surface area contributed by atoms with Gasteiger partial charge in [0, 0.05) is 20.2 Å². The van der Waals surface area contributed by atoms with E-state index >= 15 is 0 Å². The van der Waals surface area contributed by atoms with Crippen LogP contribution in [0.25, 0.3) is 17.1 Å². The fraction of sp³-hybridized carbons (Fsp3) is 0.0714. The van der Waals surface area contributed by atoms with Gasteiger partial charge < -0.3 is 5.73 Å². The Hall–Kier alpha value is -1.73. The minimum atomic E-state index is 0.668. The van der Waals surface area contributed by atoms with Crippen LogP contribution in [0.4, 0.5) is 5.69 Å². The van der Waals surface area contributed by atoms with Crippen molar-refractivity contribution in [3.63, 3.8) is 0 Å². The van der Waals surface area contributed by atoms with Gasteiger partial charge >= 0.3 is 0 Å². The van der Waals surface area contributed by atoms with E-state index in [1.165, 1.54) is 0 Å². The first-order chi connectivity index (χ1) is 10.1. The fourth-order valence-corrected chi connectivity index (χ4v) is 3.21. The van der Waals surface area contributed by atoms with Crippen LogP contribution < -0.4 is 5.73 Å². The van der Waals surface area contributed by atoms with E-state index in [0.717, 1.165) is 31.4 Å². The van der Waals surface area contributed by atoms with Crippen molar-refractivity contribution in [1.29, 1.82) is 0 Å². The smallest absolute Gasteiger partial charge is 0.187 e. The number of anilines is 1. The first kappa shape index (κ1) is 14.2. The lowest BCUT2D eigenvalue weighted by Crippen LogP contribution is -2.01. The number of tetrazole rings is 1. The van der Waals surface area contributed by atoms with E-state index in [2.05, 4.69) is 47.4 Å². The molecule has 3 rings (SSSR count). The molecule has 3 aromatic rings. The molecule has 21 heavy (non-hydrogen) atoms. The summed E-state index contributed by atoms with van der Waals surface area (Å²) in [5.74, 6) is 0.668. The van der Waals surface area contributed by atoms with Crippen LogP contribution in [0.1, 0.15) is 5.56 Å². The predicted molar refractivity (Wildman–Crippen MR) is 89.1 cm³/mol. The molecule has 5 nitrogen and oxygen atoms in total. The number of halogens is 2. The molecule has 0 atom stereocenters. The molecular formula is C14H11Br2N5. The van der Waals surface area contributed by atoms with Gasteiger partial charge in [-0.2, -0.15) is 4.68 Å². The van der Waals surface area contributed by atoms with E-state index < -0.39 is 0 Å². The summed E-state index contributed by atoms with van der Waals surface area (Å²) in [6, 6.07) is 11.6. The third-order valence-electron chi connectivity index (χ3n) is 3.14. The van der Waals surface area contributed by atoms with Gasteiger partial charge in [-0.05, 0) is 75.2 Å². The minimum absolute atomic E-state index is 0.668. The van der Waals surface area contributed by atoms with Crippen LogP contribution in [-0.2, 0) is 0 Å². The summed E-state index contributed by atoms with van der Waals surface area (Å²) < 4.78 is 3.58. The Bertz CT molecular complexity index is 813. The Morgan fingerprint density at radius 1 is 1.10 bits per heavy atom. The summed E-state index contributed by atoms with van der Waals surface area (Å²) in [5, 5.41) is 12.0. The van der Waals surface area contributed by atoms with Crippen LogP contribution >= 0.6 is 31.9 Å². The molecule has 7 heteroatoms. The SMILES string of the molecule is Cc1cc(-c2nnnn2-c2ccc(Br)cc2Br)ccc1N. The fourth-order valence-electron chi connectivity index (χ4n) is 2.00. The molecule has 0 saturated carbocycles. The molecule has 0 bridgehead atoms. The Balaban J connectivity index is 2.14. The molecule has 106 valence electrons. The quantitative estimate of drug-likeness (QED) is 0.655. The number of nitrogen functional groups attached to an aromatic ring is 1. The summed E-state index contributed by atoms with van der Waals surface area (Å²) >= 11 is 6.97. The second-order valence-corrected chi connectivity index (χ2v) is 6.35. The molecule has 0 amide bonds. The van der Waals surface area contributed by atoms with Crippen molar-refractivity contribution in [2.45, 2.75) is 6.92 Å². The van der Waals surface area contributed by atoms with E-state index in [1.54, 1.807) is 4.68 Å². The van der Waals surface area contributed by atoms with Gasteiger partial charge in [-0.1, -0.05) is 15.9 Å². The standard InChI is InChI=1S/C14H11Br2N5/c1-8-6-9(2-4-12(8)17)14-18-19-20-21(14)13-5-3-10(15)7-11(13)16/h2-7H,17H2,1H3. The maximum absolute atomic E-state index is 5.86. The van der Waals surface area contributed by atoms with E-state index in [0.29, 0.717) is 5.82 Å². The van der Waals surface area contributed by atoms with Gasteiger partial charge in [-0.3, -0.25) is 0 Å². The molecule has 2 aromatic carbocycles. The number of aryl methyl sites for hydroxylation is 1. The number of rotatable bonds is 2. The second kappa shape index (κ2) is 5.57. The summed E-state index contributed by atoms with van der Waals surface area (Å²) in [6.45, 7) is 1.96. The predicted octanol–water partition coefficient (Wildman–Crippen LogP) is 3.74. The van der Waals surface area contributed by atoms with Gasteiger partial charge in [0.15, 0.2) is 5.82 Å². The lowest BCUT2D eigenvalue weighted by molar-refractivity contribution is 0.789. The highest BCUT2D eigenvalue weighted by Crippen LogP contribution is 2.28. The summed E-state index contributed by atoms with van der Waals surface area (Å²) in [4.78, 5) is 0. The van der Waals surface area contributed by atoms with Crippen LogP contribution in [0.5, 0.6) is 0 Å². The normalized spacial score (nSPS) is 10.8. The number of nitrogens with zero attached hydrogens (tertiary/aromatic N) is 4. The number of aromatic nitrogens is 4. The number of hydrogen-bond acceptors (Lipinski definition) is 4. The molecule has 2 N–H and O–H groups in total. The van der Waals surface area contributed by atoms with E-state index in [4.69, 9.17) is 5.73 Å². The Morgan fingerprint density at radius 2 is 1.90 bits per heavy atom. The Kier molecular flexibility index (Phi) is 3.77. The zero-order valence-corrected chi connectivity index (χ0v) is 14.3. The molecule has 0 saturated heterocycles. The zero-order valence-electron chi connectivity index (χ0n) is 11.1.